The van der Waals surface area contributed by atoms with Crippen molar-refractivity contribution in [2.24, 2.45) is 23.3 Å². The highest BCUT2D eigenvalue weighted by molar-refractivity contribution is 6.24. The molecule has 3 heterocycles. The lowest BCUT2D eigenvalue weighted by molar-refractivity contribution is 0.187. The number of methoxy groups -OCH3 is 1. The summed E-state index contributed by atoms with van der Waals surface area (Å²) < 4.78 is 7.37. The molecule has 32 heavy (non-hydrogen) atoms. The van der Waals surface area contributed by atoms with Crippen LogP contribution >= 0.6 is 0 Å². The van der Waals surface area contributed by atoms with E-state index in [0.29, 0.717) is 16.9 Å². The van der Waals surface area contributed by atoms with E-state index in [9.17, 15) is 4.79 Å². The van der Waals surface area contributed by atoms with Crippen LogP contribution in [0.1, 0.15) is 42.0 Å². The monoisotopic (exact) mass is 433 g/mol. The summed E-state index contributed by atoms with van der Waals surface area (Å²) in [5, 5.41) is 4.28. The molecule has 5 rings (SSSR count). The van der Waals surface area contributed by atoms with E-state index in [2.05, 4.69) is 46.3 Å². The second-order valence-electron chi connectivity index (χ2n) is 9.21. The molecule has 168 valence electrons. The number of nitrogens with one attached hydrogen (secondary N) is 1. The molecule has 1 fully saturated rings. The number of hydrazone groups is 1. The van der Waals surface area contributed by atoms with Gasteiger partial charge in [-0.05, 0) is 35.8 Å². The van der Waals surface area contributed by atoms with E-state index in [1.165, 1.54) is 11.1 Å². The van der Waals surface area contributed by atoms with Gasteiger partial charge in [-0.2, -0.15) is 5.10 Å². The van der Waals surface area contributed by atoms with E-state index in [-0.39, 0.29) is 17.0 Å². The lowest BCUT2D eigenvalue weighted by atomic mass is 9.73. The van der Waals surface area contributed by atoms with Gasteiger partial charge in [0.15, 0.2) is 0 Å². The maximum atomic E-state index is 13.4. The van der Waals surface area contributed by atoms with Crippen molar-refractivity contribution in [3.05, 3.63) is 64.0 Å². The standard InChI is InChI=1S/C25H31N5O2/c1-16(19-8-11-27-28-19)22-20(32-3)14-21(29(2)24(22)31)30-12-9-25(10-13-30)15-17-6-4-5-7-18(17)23(25)26/h4-7,14,23,27H,1,8-13,15,26H2,2-3H3/t23-/m1/s1. The molecule has 0 amide bonds. The second-order valence-corrected chi connectivity index (χ2v) is 9.21. The molecule has 1 aromatic carbocycles. The molecule has 1 aromatic heterocycles. The van der Waals surface area contributed by atoms with Crippen molar-refractivity contribution in [3.63, 3.8) is 0 Å². The van der Waals surface area contributed by atoms with Crippen molar-refractivity contribution in [1.29, 1.82) is 0 Å². The summed E-state index contributed by atoms with van der Waals surface area (Å²) in [6.07, 6.45) is 3.78. The van der Waals surface area contributed by atoms with Gasteiger partial charge in [0.1, 0.15) is 11.6 Å². The van der Waals surface area contributed by atoms with E-state index in [4.69, 9.17) is 10.5 Å². The summed E-state index contributed by atoms with van der Waals surface area (Å²) in [5.41, 5.74) is 14.3. The van der Waals surface area contributed by atoms with Gasteiger partial charge in [-0.3, -0.25) is 9.36 Å². The van der Waals surface area contributed by atoms with Crippen LogP contribution in [0.25, 0.3) is 5.57 Å². The number of fused-ring (bicyclic) bond motifs is 1. The molecule has 1 spiro atoms. The Morgan fingerprint density at radius 3 is 2.72 bits per heavy atom. The highest BCUT2D eigenvalue weighted by Gasteiger charge is 2.46. The Labute approximate surface area is 188 Å². The first-order valence-electron chi connectivity index (χ1n) is 11.3. The lowest BCUT2D eigenvalue weighted by Gasteiger charge is -2.43. The molecule has 3 aliphatic rings. The highest BCUT2D eigenvalue weighted by atomic mass is 16.5. The fourth-order valence-electron chi connectivity index (χ4n) is 5.64. The average Bonchev–Trinajstić information content (AvgIpc) is 3.44. The van der Waals surface area contributed by atoms with Gasteiger partial charge in [0.25, 0.3) is 5.56 Å². The van der Waals surface area contributed by atoms with Gasteiger partial charge < -0.3 is 20.8 Å². The number of hydrogen-bond donors (Lipinski definition) is 2. The van der Waals surface area contributed by atoms with Gasteiger partial charge in [0, 0.05) is 50.8 Å². The second kappa shape index (κ2) is 7.81. The third kappa shape index (κ3) is 3.14. The predicted octanol–water partition coefficient (Wildman–Crippen LogP) is 2.60. The van der Waals surface area contributed by atoms with Crippen molar-refractivity contribution in [1.82, 2.24) is 9.99 Å². The summed E-state index contributed by atoms with van der Waals surface area (Å²) in [5.74, 6) is 1.42. The molecule has 2 aliphatic heterocycles. The number of hydrogen-bond acceptors (Lipinski definition) is 6. The summed E-state index contributed by atoms with van der Waals surface area (Å²) >= 11 is 0. The van der Waals surface area contributed by atoms with Crippen LogP contribution in [0.15, 0.2) is 46.8 Å². The number of nitrogens with two attached hydrogens (primary N) is 1. The third-order valence-electron chi connectivity index (χ3n) is 7.60. The number of anilines is 1. The van der Waals surface area contributed by atoms with Gasteiger partial charge in [0.2, 0.25) is 0 Å². The third-order valence-corrected chi connectivity index (χ3v) is 7.60. The molecule has 3 N–H and O–H groups in total. The smallest absolute Gasteiger partial charge is 0.263 e. The number of ether oxygens (including phenoxy) is 1. The molecule has 7 heteroatoms. The number of allylic oxidation sites excluding steroid dienone is 1. The Kier molecular flexibility index (Phi) is 5.08. The minimum Gasteiger partial charge on any atom is -0.496 e. The minimum atomic E-state index is -0.107. The maximum Gasteiger partial charge on any atom is 0.263 e. The van der Waals surface area contributed by atoms with Crippen molar-refractivity contribution < 1.29 is 4.74 Å². The quantitative estimate of drug-likeness (QED) is 0.774. The Morgan fingerprint density at radius 2 is 2.06 bits per heavy atom. The molecule has 7 nitrogen and oxygen atoms in total. The fraction of sp³-hybridized carbons (Fsp3) is 0.440. The van der Waals surface area contributed by atoms with Gasteiger partial charge in [-0.25, -0.2) is 0 Å². The predicted molar refractivity (Wildman–Crippen MR) is 128 cm³/mol. The number of piperidine rings is 1. The molecule has 1 saturated heterocycles. The average molecular weight is 434 g/mol. The first-order valence-corrected chi connectivity index (χ1v) is 11.3. The van der Waals surface area contributed by atoms with Crippen LogP contribution in [0, 0.1) is 5.41 Å². The zero-order chi connectivity index (χ0) is 22.5. The molecular formula is C25H31N5O2. The van der Waals surface area contributed by atoms with Crippen LogP contribution in [0.5, 0.6) is 5.75 Å². The Balaban J connectivity index is 1.41. The van der Waals surface area contributed by atoms with Crippen molar-refractivity contribution in [2.75, 3.05) is 31.6 Å². The van der Waals surface area contributed by atoms with Crippen LogP contribution < -0.4 is 26.4 Å². The zero-order valence-electron chi connectivity index (χ0n) is 18.9. The fourth-order valence-corrected chi connectivity index (χ4v) is 5.64. The summed E-state index contributed by atoms with van der Waals surface area (Å²) in [6.45, 7) is 6.62. The van der Waals surface area contributed by atoms with Crippen molar-refractivity contribution in [2.45, 2.75) is 31.7 Å². The number of rotatable bonds is 4. The number of nitrogens with zero attached hydrogens (tertiary/aromatic N) is 3. The molecule has 0 saturated carbocycles. The first kappa shape index (κ1) is 20.8. The van der Waals surface area contributed by atoms with Crippen LogP contribution in [0.3, 0.4) is 0 Å². The molecule has 0 unspecified atom stereocenters. The molecule has 0 bridgehead atoms. The summed E-state index contributed by atoms with van der Waals surface area (Å²) in [7, 11) is 3.42. The van der Waals surface area contributed by atoms with E-state index < -0.39 is 0 Å². The lowest BCUT2D eigenvalue weighted by Crippen LogP contribution is -2.45. The van der Waals surface area contributed by atoms with Gasteiger partial charge in [0.05, 0.1) is 18.4 Å². The minimum absolute atomic E-state index is 0.0747. The SMILES string of the molecule is C=C(C1=NNCC1)c1c(OC)cc(N2CCC3(CC2)Cc2ccccc2[C@H]3N)n(C)c1=O. The van der Waals surface area contributed by atoms with Gasteiger partial charge >= 0.3 is 0 Å². The van der Waals surface area contributed by atoms with Crippen LogP contribution in [-0.4, -0.2) is 37.0 Å². The summed E-state index contributed by atoms with van der Waals surface area (Å²) in [4.78, 5) is 15.6. The Morgan fingerprint density at radius 1 is 1.31 bits per heavy atom. The van der Waals surface area contributed by atoms with E-state index in [1.807, 2.05) is 13.1 Å². The number of aromatic nitrogens is 1. The molecule has 0 radical (unpaired) electrons. The molecule has 2 aromatic rings. The van der Waals surface area contributed by atoms with Gasteiger partial charge in [-0.1, -0.05) is 30.8 Å². The van der Waals surface area contributed by atoms with Crippen molar-refractivity contribution >= 4 is 17.1 Å². The van der Waals surface area contributed by atoms with Crippen LogP contribution in [0.4, 0.5) is 5.82 Å². The number of pyridine rings is 1. The first-order chi connectivity index (χ1) is 15.4. The van der Waals surface area contributed by atoms with Gasteiger partial charge in [-0.15, -0.1) is 0 Å². The molecular weight excluding hydrogens is 402 g/mol. The van der Waals surface area contributed by atoms with E-state index in [1.54, 1.807) is 11.7 Å². The number of benzene rings is 1. The van der Waals surface area contributed by atoms with Crippen LogP contribution in [-0.2, 0) is 13.5 Å². The zero-order valence-corrected chi connectivity index (χ0v) is 18.9. The molecule has 1 aliphatic carbocycles. The van der Waals surface area contributed by atoms with E-state index >= 15 is 0 Å². The summed E-state index contributed by atoms with van der Waals surface area (Å²) in [6, 6.07) is 10.6. The Bertz CT molecular complexity index is 1160. The topological polar surface area (TPSA) is 84.9 Å². The van der Waals surface area contributed by atoms with E-state index in [0.717, 1.165) is 56.8 Å². The highest BCUT2D eigenvalue weighted by Crippen LogP contribution is 2.51. The van der Waals surface area contributed by atoms with Crippen molar-refractivity contribution in [3.8, 4) is 5.75 Å². The normalized spacial score (nSPS) is 21.3. The largest absolute Gasteiger partial charge is 0.496 e. The molecule has 1 atom stereocenters. The maximum absolute atomic E-state index is 13.4. The van der Waals surface area contributed by atoms with Crippen LogP contribution in [0.2, 0.25) is 0 Å². The Hall–Kier alpha value is -3.06.